The number of halogens is 3. The third kappa shape index (κ3) is 5.66. The van der Waals surface area contributed by atoms with Crippen LogP contribution in [0.15, 0.2) is 36.4 Å². The molecule has 1 saturated carbocycles. The number of carboxylic acids is 1. The minimum atomic E-state index is -4.40. The van der Waals surface area contributed by atoms with Crippen molar-refractivity contribution >= 4 is 5.97 Å². The molecule has 0 spiro atoms. The quantitative estimate of drug-likeness (QED) is 0.516. The Balaban J connectivity index is 1.43. The van der Waals surface area contributed by atoms with E-state index in [1.54, 1.807) is 31.4 Å². The Labute approximate surface area is 197 Å². The van der Waals surface area contributed by atoms with Crippen molar-refractivity contribution in [3.63, 3.8) is 0 Å². The Hall–Kier alpha value is -2.74. The molecule has 5 nitrogen and oxygen atoms in total. The van der Waals surface area contributed by atoms with Crippen LogP contribution in [0, 0.1) is 5.92 Å². The predicted molar refractivity (Wildman–Crippen MR) is 121 cm³/mol. The molecule has 2 aliphatic rings. The smallest absolute Gasteiger partial charge is 0.416 e. The molecule has 34 heavy (non-hydrogen) atoms. The van der Waals surface area contributed by atoms with E-state index in [2.05, 4.69) is 0 Å². The Morgan fingerprint density at radius 1 is 1.09 bits per heavy atom. The molecular formula is C26H30F3NO4. The Morgan fingerprint density at radius 2 is 1.82 bits per heavy atom. The van der Waals surface area contributed by atoms with Gasteiger partial charge in [-0.15, -0.1) is 0 Å². The zero-order valence-electron chi connectivity index (χ0n) is 19.2. The minimum Gasteiger partial charge on any atom is -0.496 e. The molecule has 1 aliphatic heterocycles. The number of hydrogen-bond donors (Lipinski definition) is 1. The summed E-state index contributed by atoms with van der Waals surface area (Å²) in [7, 11) is 1.54. The SMILES string of the molecule is COc1cc(OCc2ccc(C3CCCCC3)c(C(F)(F)F)c2)ccc1CN1CC(C(=O)O)C1. The first-order valence-electron chi connectivity index (χ1n) is 11.7. The topological polar surface area (TPSA) is 59.0 Å². The molecule has 0 aromatic heterocycles. The zero-order chi connectivity index (χ0) is 24.3. The number of hydrogen-bond acceptors (Lipinski definition) is 4. The van der Waals surface area contributed by atoms with Crippen molar-refractivity contribution < 1.29 is 32.5 Å². The summed E-state index contributed by atoms with van der Waals surface area (Å²) in [6.07, 6.45) is 0.251. The minimum absolute atomic E-state index is 0.0168. The van der Waals surface area contributed by atoms with Gasteiger partial charge < -0.3 is 14.6 Å². The molecule has 1 N–H and O–H groups in total. The molecule has 8 heteroatoms. The molecule has 1 aliphatic carbocycles. The molecule has 0 unspecified atom stereocenters. The van der Waals surface area contributed by atoms with Crippen molar-refractivity contribution in [3.05, 3.63) is 58.7 Å². The molecule has 0 bridgehead atoms. The highest BCUT2D eigenvalue weighted by Crippen LogP contribution is 2.41. The van der Waals surface area contributed by atoms with Gasteiger partial charge in [-0.1, -0.05) is 37.5 Å². The van der Waals surface area contributed by atoms with Crippen LogP contribution in [0.3, 0.4) is 0 Å². The number of aliphatic carboxylic acids is 1. The summed E-state index contributed by atoms with van der Waals surface area (Å²) in [5.41, 5.74) is 1.21. The third-order valence-electron chi connectivity index (χ3n) is 6.83. The van der Waals surface area contributed by atoms with Gasteiger partial charge in [0.15, 0.2) is 0 Å². The Kier molecular flexibility index (Phi) is 7.36. The van der Waals surface area contributed by atoms with Crippen molar-refractivity contribution in [1.82, 2.24) is 4.90 Å². The number of alkyl halides is 3. The van der Waals surface area contributed by atoms with Gasteiger partial charge in [0, 0.05) is 31.3 Å². The molecule has 2 aromatic carbocycles. The highest BCUT2D eigenvalue weighted by molar-refractivity contribution is 5.71. The average Bonchev–Trinajstić information content (AvgIpc) is 2.79. The molecule has 2 aromatic rings. The summed E-state index contributed by atoms with van der Waals surface area (Å²) < 4.78 is 52.7. The van der Waals surface area contributed by atoms with Gasteiger partial charge in [-0.25, -0.2) is 0 Å². The summed E-state index contributed by atoms with van der Waals surface area (Å²) in [5.74, 6) is -0.0566. The van der Waals surface area contributed by atoms with E-state index in [0.717, 1.165) is 37.7 Å². The molecule has 2 fully saturated rings. The molecular weight excluding hydrogens is 447 g/mol. The van der Waals surface area contributed by atoms with E-state index >= 15 is 0 Å². The number of carbonyl (C=O) groups is 1. The first-order chi connectivity index (χ1) is 16.2. The van der Waals surface area contributed by atoms with Crippen molar-refractivity contribution in [3.8, 4) is 11.5 Å². The van der Waals surface area contributed by atoms with Crippen LogP contribution in [0.25, 0.3) is 0 Å². The van der Waals surface area contributed by atoms with E-state index in [1.165, 1.54) is 6.07 Å². The van der Waals surface area contributed by atoms with Crippen LogP contribution in [-0.4, -0.2) is 36.2 Å². The normalized spacial score (nSPS) is 17.9. The number of benzene rings is 2. The van der Waals surface area contributed by atoms with E-state index in [1.807, 2.05) is 11.0 Å². The van der Waals surface area contributed by atoms with E-state index in [0.29, 0.717) is 42.3 Å². The second kappa shape index (κ2) is 10.3. The first kappa shape index (κ1) is 24.4. The van der Waals surface area contributed by atoms with Crippen LogP contribution >= 0.6 is 0 Å². The van der Waals surface area contributed by atoms with Crippen molar-refractivity contribution in [1.29, 1.82) is 0 Å². The fourth-order valence-corrected chi connectivity index (χ4v) is 4.92. The zero-order valence-corrected chi connectivity index (χ0v) is 19.2. The first-order valence-corrected chi connectivity index (χ1v) is 11.7. The van der Waals surface area contributed by atoms with Crippen LogP contribution in [0.4, 0.5) is 13.2 Å². The van der Waals surface area contributed by atoms with Crippen molar-refractivity contribution in [2.45, 2.75) is 57.3 Å². The van der Waals surface area contributed by atoms with Crippen LogP contribution in [0.5, 0.6) is 11.5 Å². The van der Waals surface area contributed by atoms with Gasteiger partial charge in [0.05, 0.1) is 18.6 Å². The Morgan fingerprint density at radius 3 is 2.47 bits per heavy atom. The van der Waals surface area contributed by atoms with Crippen molar-refractivity contribution in [2.75, 3.05) is 20.2 Å². The van der Waals surface area contributed by atoms with Gasteiger partial charge in [0.1, 0.15) is 18.1 Å². The highest BCUT2D eigenvalue weighted by Gasteiger charge is 2.36. The monoisotopic (exact) mass is 477 g/mol. The number of nitrogens with zero attached hydrogens (tertiary/aromatic N) is 1. The highest BCUT2D eigenvalue weighted by atomic mass is 19.4. The second-order valence-corrected chi connectivity index (χ2v) is 9.25. The number of carboxylic acid groups (broad SMARTS) is 1. The lowest BCUT2D eigenvalue weighted by Crippen LogP contribution is -2.49. The fourth-order valence-electron chi connectivity index (χ4n) is 4.92. The van der Waals surface area contributed by atoms with Gasteiger partial charge in [0.2, 0.25) is 0 Å². The summed E-state index contributed by atoms with van der Waals surface area (Å²) in [4.78, 5) is 13.0. The summed E-state index contributed by atoms with van der Waals surface area (Å²) in [6, 6.07) is 9.89. The second-order valence-electron chi connectivity index (χ2n) is 9.25. The maximum Gasteiger partial charge on any atom is 0.416 e. The molecule has 1 saturated heterocycles. The van der Waals surface area contributed by atoms with Crippen molar-refractivity contribution in [2.24, 2.45) is 5.92 Å². The summed E-state index contributed by atoms with van der Waals surface area (Å²) in [5, 5.41) is 9.02. The molecule has 0 amide bonds. The largest absolute Gasteiger partial charge is 0.496 e. The van der Waals surface area contributed by atoms with Gasteiger partial charge in [-0.05, 0) is 42.0 Å². The van der Waals surface area contributed by atoms with Gasteiger partial charge in [-0.3, -0.25) is 9.69 Å². The van der Waals surface area contributed by atoms with E-state index in [-0.39, 0.29) is 18.4 Å². The van der Waals surface area contributed by atoms with E-state index < -0.39 is 17.7 Å². The van der Waals surface area contributed by atoms with Crippen LogP contribution in [0.1, 0.15) is 60.3 Å². The molecule has 0 atom stereocenters. The molecule has 0 radical (unpaired) electrons. The molecule has 1 heterocycles. The summed E-state index contributed by atoms with van der Waals surface area (Å²) >= 11 is 0. The Bertz CT molecular complexity index is 1010. The maximum absolute atomic E-state index is 13.8. The van der Waals surface area contributed by atoms with Gasteiger partial charge in [-0.2, -0.15) is 13.2 Å². The van der Waals surface area contributed by atoms with E-state index in [4.69, 9.17) is 14.6 Å². The number of methoxy groups -OCH3 is 1. The fraction of sp³-hybridized carbons (Fsp3) is 0.500. The lowest BCUT2D eigenvalue weighted by molar-refractivity contribution is -0.147. The standard InChI is InChI=1S/C26H30F3NO4/c1-33-24-12-21(9-8-19(24)13-30-14-20(15-30)25(31)32)34-16-17-7-10-22(18-5-3-2-4-6-18)23(11-17)26(27,28)29/h7-12,18,20H,2-6,13-16H2,1H3,(H,31,32). The van der Waals surface area contributed by atoms with Gasteiger partial charge in [0.25, 0.3) is 0 Å². The summed E-state index contributed by atoms with van der Waals surface area (Å²) in [6.45, 7) is 1.57. The van der Waals surface area contributed by atoms with E-state index in [9.17, 15) is 18.0 Å². The molecule has 4 rings (SSSR count). The lowest BCUT2D eigenvalue weighted by atomic mass is 9.81. The number of likely N-dealkylation sites (tertiary alicyclic amines) is 1. The van der Waals surface area contributed by atoms with Gasteiger partial charge >= 0.3 is 12.1 Å². The molecule has 184 valence electrons. The lowest BCUT2D eigenvalue weighted by Gasteiger charge is -2.36. The predicted octanol–water partition coefficient (Wildman–Crippen LogP) is 5.86. The maximum atomic E-state index is 13.8. The number of ether oxygens (including phenoxy) is 2. The van der Waals surface area contributed by atoms with Crippen LogP contribution in [0.2, 0.25) is 0 Å². The third-order valence-corrected chi connectivity index (χ3v) is 6.83. The van der Waals surface area contributed by atoms with Crippen LogP contribution < -0.4 is 9.47 Å². The van der Waals surface area contributed by atoms with Crippen LogP contribution in [-0.2, 0) is 24.1 Å². The average molecular weight is 478 g/mol. The number of rotatable bonds is 8.